The molecule has 0 saturated heterocycles. The molecule has 0 aliphatic rings. The number of aromatic nitrogens is 2. The highest BCUT2D eigenvalue weighted by Crippen LogP contribution is 2.32. The quantitative estimate of drug-likeness (QED) is 0.841. The number of methoxy groups -OCH3 is 1. The van der Waals surface area contributed by atoms with Gasteiger partial charge in [0.15, 0.2) is 0 Å². The number of hydrogen-bond acceptors (Lipinski definition) is 6. The number of anilines is 2. The van der Waals surface area contributed by atoms with Crippen molar-refractivity contribution in [1.82, 2.24) is 10.2 Å². The molecule has 1 heterocycles. The van der Waals surface area contributed by atoms with E-state index in [1.54, 1.807) is 0 Å². The van der Waals surface area contributed by atoms with Gasteiger partial charge < -0.3 is 10.1 Å². The van der Waals surface area contributed by atoms with Crippen LogP contribution in [0, 0.1) is 0 Å². The maximum Gasteiger partial charge on any atom is 0.261 e. The molecule has 128 valence electrons. The second kappa shape index (κ2) is 7.59. The SMILES string of the molecule is COc1cc(NC(C)=O)c(Cl)cc1C(=O)Nc1nnc(C(C)C)s1. The van der Waals surface area contributed by atoms with Gasteiger partial charge in [-0.25, -0.2) is 0 Å². The van der Waals surface area contributed by atoms with E-state index in [9.17, 15) is 9.59 Å². The first-order valence-electron chi connectivity index (χ1n) is 7.11. The van der Waals surface area contributed by atoms with Crippen LogP contribution in [0.1, 0.15) is 42.1 Å². The smallest absolute Gasteiger partial charge is 0.261 e. The molecule has 0 fully saturated rings. The Kier molecular flexibility index (Phi) is 5.74. The van der Waals surface area contributed by atoms with Gasteiger partial charge in [-0.3, -0.25) is 14.9 Å². The number of carbonyl (C=O) groups excluding carboxylic acids is 2. The molecule has 0 bridgehead atoms. The lowest BCUT2D eigenvalue weighted by molar-refractivity contribution is -0.114. The van der Waals surface area contributed by atoms with Gasteiger partial charge in [0.1, 0.15) is 10.8 Å². The third-order valence-corrected chi connectivity index (χ3v) is 4.45. The highest BCUT2D eigenvalue weighted by Gasteiger charge is 2.18. The average molecular weight is 369 g/mol. The molecule has 7 nitrogen and oxygen atoms in total. The normalized spacial score (nSPS) is 10.6. The van der Waals surface area contributed by atoms with Crippen LogP contribution in [0.2, 0.25) is 5.02 Å². The molecule has 0 spiro atoms. The van der Waals surface area contributed by atoms with E-state index in [2.05, 4.69) is 20.8 Å². The second-order valence-electron chi connectivity index (χ2n) is 5.27. The number of benzene rings is 1. The molecule has 0 atom stereocenters. The largest absolute Gasteiger partial charge is 0.496 e. The Morgan fingerprint density at radius 3 is 2.50 bits per heavy atom. The fraction of sp³-hybridized carbons (Fsp3) is 0.333. The van der Waals surface area contributed by atoms with E-state index in [4.69, 9.17) is 16.3 Å². The number of rotatable bonds is 5. The maximum atomic E-state index is 12.5. The summed E-state index contributed by atoms with van der Waals surface area (Å²) in [5, 5.41) is 14.7. The van der Waals surface area contributed by atoms with Crippen LogP contribution in [0.3, 0.4) is 0 Å². The number of nitrogens with one attached hydrogen (secondary N) is 2. The van der Waals surface area contributed by atoms with E-state index in [0.717, 1.165) is 5.01 Å². The number of ether oxygens (including phenoxy) is 1. The Hall–Kier alpha value is -2.19. The predicted octanol–water partition coefficient (Wildman–Crippen LogP) is 3.53. The highest BCUT2D eigenvalue weighted by atomic mass is 35.5. The van der Waals surface area contributed by atoms with E-state index < -0.39 is 5.91 Å². The molecule has 2 rings (SSSR count). The molecule has 9 heteroatoms. The summed E-state index contributed by atoms with van der Waals surface area (Å²) < 4.78 is 5.22. The number of nitrogens with zero attached hydrogens (tertiary/aromatic N) is 2. The maximum absolute atomic E-state index is 12.5. The summed E-state index contributed by atoms with van der Waals surface area (Å²) in [6.07, 6.45) is 0. The predicted molar refractivity (Wildman–Crippen MR) is 94.3 cm³/mol. The van der Waals surface area contributed by atoms with Gasteiger partial charge in [-0.15, -0.1) is 10.2 Å². The lowest BCUT2D eigenvalue weighted by Crippen LogP contribution is -2.14. The molecule has 0 aliphatic carbocycles. The minimum Gasteiger partial charge on any atom is -0.496 e. The first-order valence-corrected chi connectivity index (χ1v) is 8.31. The summed E-state index contributed by atoms with van der Waals surface area (Å²) in [5.74, 6) is -0.177. The van der Waals surface area contributed by atoms with Crippen LogP contribution < -0.4 is 15.4 Å². The zero-order valence-corrected chi connectivity index (χ0v) is 15.2. The Morgan fingerprint density at radius 1 is 1.25 bits per heavy atom. The summed E-state index contributed by atoms with van der Waals surface area (Å²) in [7, 11) is 1.43. The van der Waals surface area contributed by atoms with Crippen molar-refractivity contribution in [2.45, 2.75) is 26.7 Å². The molecule has 0 saturated carbocycles. The Balaban J connectivity index is 2.27. The first kappa shape index (κ1) is 18.2. The van der Waals surface area contributed by atoms with Gasteiger partial charge in [0, 0.05) is 18.9 Å². The molecule has 0 aliphatic heterocycles. The van der Waals surface area contributed by atoms with Gasteiger partial charge in [0.05, 0.1) is 23.4 Å². The Labute approximate surface area is 148 Å². The third-order valence-electron chi connectivity index (χ3n) is 3.00. The van der Waals surface area contributed by atoms with Crippen LogP contribution in [-0.2, 0) is 4.79 Å². The van der Waals surface area contributed by atoms with Crippen molar-refractivity contribution in [1.29, 1.82) is 0 Å². The van der Waals surface area contributed by atoms with Crippen LogP contribution >= 0.6 is 22.9 Å². The monoisotopic (exact) mass is 368 g/mol. The van der Waals surface area contributed by atoms with Crippen molar-refractivity contribution in [3.63, 3.8) is 0 Å². The van der Waals surface area contributed by atoms with Crippen molar-refractivity contribution in [2.75, 3.05) is 17.7 Å². The minimum absolute atomic E-state index is 0.231. The Bertz CT molecular complexity index is 776. The van der Waals surface area contributed by atoms with Gasteiger partial charge in [0.25, 0.3) is 5.91 Å². The van der Waals surface area contributed by atoms with Crippen molar-refractivity contribution in [3.8, 4) is 5.75 Å². The van der Waals surface area contributed by atoms with Crippen molar-refractivity contribution >= 4 is 45.6 Å². The van der Waals surface area contributed by atoms with Crippen molar-refractivity contribution in [3.05, 3.63) is 27.7 Å². The number of carbonyl (C=O) groups is 2. The van der Waals surface area contributed by atoms with Crippen LogP contribution in [0.5, 0.6) is 5.75 Å². The zero-order valence-electron chi connectivity index (χ0n) is 13.6. The molecule has 2 N–H and O–H groups in total. The molecular weight excluding hydrogens is 352 g/mol. The lowest BCUT2D eigenvalue weighted by Gasteiger charge is -2.12. The van der Waals surface area contributed by atoms with Crippen molar-refractivity contribution < 1.29 is 14.3 Å². The van der Waals surface area contributed by atoms with Gasteiger partial charge >= 0.3 is 0 Å². The zero-order chi connectivity index (χ0) is 17.9. The van der Waals surface area contributed by atoms with Crippen LogP contribution in [-0.4, -0.2) is 29.1 Å². The van der Waals surface area contributed by atoms with Crippen LogP contribution in [0.4, 0.5) is 10.8 Å². The summed E-state index contributed by atoms with van der Waals surface area (Å²) in [5.41, 5.74) is 0.605. The van der Waals surface area contributed by atoms with Crippen molar-refractivity contribution in [2.24, 2.45) is 0 Å². The molecule has 0 unspecified atom stereocenters. The summed E-state index contributed by atoms with van der Waals surface area (Å²) >= 11 is 7.43. The van der Waals surface area contributed by atoms with Gasteiger partial charge in [-0.1, -0.05) is 36.8 Å². The van der Waals surface area contributed by atoms with Gasteiger partial charge in [-0.2, -0.15) is 0 Å². The molecule has 1 aromatic heterocycles. The molecule has 1 aromatic carbocycles. The van der Waals surface area contributed by atoms with E-state index >= 15 is 0 Å². The number of amides is 2. The van der Waals surface area contributed by atoms with E-state index in [0.29, 0.717) is 10.8 Å². The fourth-order valence-electron chi connectivity index (χ4n) is 1.87. The highest BCUT2D eigenvalue weighted by molar-refractivity contribution is 7.15. The van der Waals surface area contributed by atoms with Gasteiger partial charge in [-0.05, 0) is 6.07 Å². The minimum atomic E-state index is -0.422. The topological polar surface area (TPSA) is 93.2 Å². The van der Waals surface area contributed by atoms with Crippen LogP contribution in [0.25, 0.3) is 0 Å². The lowest BCUT2D eigenvalue weighted by atomic mass is 10.1. The van der Waals surface area contributed by atoms with E-state index in [-0.39, 0.29) is 28.2 Å². The molecule has 2 aromatic rings. The number of hydrogen-bond donors (Lipinski definition) is 2. The average Bonchev–Trinajstić information content (AvgIpc) is 2.97. The van der Waals surface area contributed by atoms with Crippen LogP contribution in [0.15, 0.2) is 12.1 Å². The van der Waals surface area contributed by atoms with Gasteiger partial charge in [0.2, 0.25) is 11.0 Å². The third kappa shape index (κ3) is 4.21. The molecule has 2 amide bonds. The second-order valence-corrected chi connectivity index (χ2v) is 6.68. The van der Waals surface area contributed by atoms with E-state index in [1.807, 2.05) is 13.8 Å². The van der Waals surface area contributed by atoms with E-state index in [1.165, 1.54) is 37.5 Å². The molecular formula is C15H17ClN4O3S. The summed E-state index contributed by atoms with van der Waals surface area (Å²) in [4.78, 5) is 23.6. The molecule has 24 heavy (non-hydrogen) atoms. The fourth-order valence-corrected chi connectivity index (χ4v) is 2.82. The number of halogens is 1. The summed E-state index contributed by atoms with van der Waals surface area (Å²) in [6, 6.07) is 2.93. The Morgan fingerprint density at radius 2 is 1.96 bits per heavy atom. The standard InChI is InChI=1S/C15H17ClN4O3S/c1-7(2)14-19-20-15(24-14)18-13(22)9-5-10(16)11(17-8(3)21)6-12(9)23-4/h5-7H,1-4H3,(H,17,21)(H,18,20,22). The molecule has 0 radical (unpaired) electrons. The summed E-state index contributed by atoms with van der Waals surface area (Å²) in [6.45, 7) is 5.36. The first-order chi connectivity index (χ1) is 11.3.